The van der Waals surface area contributed by atoms with E-state index < -0.39 is 23.7 Å². The fraction of sp³-hybridized carbons (Fsp3) is 0.579. The van der Waals surface area contributed by atoms with Gasteiger partial charge in [-0.3, -0.25) is 4.79 Å². The Morgan fingerprint density at radius 1 is 1.04 bits per heavy atom. The first-order valence-electron chi connectivity index (χ1n) is 8.74. The summed E-state index contributed by atoms with van der Waals surface area (Å²) in [5, 5.41) is 12.5. The molecule has 5 rings (SSSR count). The molecule has 4 saturated carbocycles. The summed E-state index contributed by atoms with van der Waals surface area (Å²) < 4.78 is 13.0. The second-order valence-corrected chi connectivity index (χ2v) is 8.03. The molecule has 0 spiro atoms. The molecule has 4 aliphatic carbocycles. The van der Waals surface area contributed by atoms with Crippen LogP contribution in [0.2, 0.25) is 0 Å². The number of carboxylic acid groups (broad SMARTS) is 1. The highest BCUT2D eigenvalue weighted by Crippen LogP contribution is 2.61. The number of carbonyl (C=O) groups is 2. The van der Waals surface area contributed by atoms with E-state index in [2.05, 4.69) is 5.32 Å². The Balaban J connectivity index is 1.57. The number of halogens is 1. The van der Waals surface area contributed by atoms with Gasteiger partial charge in [0.2, 0.25) is 0 Å². The number of hydrogen-bond donors (Lipinski definition) is 2. The molecule has 2 N–H and O–H groups in total. The third-order valence-corrected chi connectivity index (χ3v) is 6.33. The van der Waals surface area contributed by atoms with Gasteiger partial charge in [-0.15, -0.1) is 0 Å². The lowest BCUT2D eigenvalue weighted by Gasteiger charge is -2.58. The molecule has 1 atom stereocenters. The molecule has 5 heteroatoms. The van der Waals surface area contributed by atoms with Crippen molar-refractivity contribution in [3.8, 4) is 0 Å². The van der Waals surface area contributed by atoms with Crippen LogP contribution in [-0.2, 0) is 4.79 Å². The summed E-state index contributed by atoms with van der Waals surface area (Å²) >= 11 is 0. The van der Waals surface area contributed by atoms with Crippen molar-refractivity contribution >= 4 is 11.9 Å². The van der Waals surface area contributed by atoms with Crippen LogP contribution in [0.25, 0.3) is 0 Å². The van der Waals surface area contributed by atoms with E-state index in [0.29, 0.717) is 23.3 Å². The number of rotatable bonds is 4. The highest BCUT2D eigenvalue weighted by Gasteiger charge is 2.56. The third-order valence-electron chi connectivity index (χ3n) is 6.33. The third kappa shape index (κ3) is 2.60. The molecule has 0 aliphatic heterocycles. The van der Waals surface area contributed by atoms with E-state index in [1.165, 1.54) is 43.5 Å². The smallest absolute Gasteiger partial charge is 0.326 e. The summed E-state index contributed by atoms with van der Waals surface area (Å²) in [4.78, 5) is 24.4. The average Bonchev–Trinajstić information content (AvgIpc) is 2.51. The van der Waals surface area contributed by atoms with Crippen LogP contribution in [0.15, 0.2) is 24.3 Å². The summed E-state index contributed by atoms with van der Waals surface area (Å²) in [5.41, 5.74) is -0.0108. The number of carboxylic acids is 1. The van der Waals surface area contributed by atoms with Gasteiger partial charge in [0.25, 0.3) is 5.91 Å². The lowest BCUT2D eigenvalue weighted by molar-refractivity contribution is -0.150. The average molecular weight is 331 g/mol. The zero-order valence-electron chi connectivity index (χ0n) is 13.5. The number of benzene rings is 1. The first kappa shape index (κ1) is 15.6. The Morgan fingerprint density at radius 2 is 1.54 bits per heavy atom. The monoisotopic (exact) mass is 331 g/mol. The van der Waals surface area contributed by atoms with E-state index in [9.17, 15) is 19.1 Å². The fourth-order valence-corrected chi connectivity index (χ4v) is 5.82. The second-order valence-electron chi connectivity index (χ2n) is 8.03. The highest BCUT2D eigenvalue weighted by molar-refractivity contribution is 5.96. The van der Waals surface area contributed by atoms with Gasteiger partial charge in [-0.1, -0.05) is 0 Å². The molecule has 1 amide bonds. The number of carbonyl (C=O) groups excluding carboxylic acids is 1. The van der Waals surface area contributed by atoms with Crippen LogP contribution in [0, 0.1) is 29.0 Å². The first-order chi connectivity index (χ1) is 11.4. The molecular weight excluding hydrogens is 309 g/mol. The van der Waals surface area contributed by atoms with E-state index in [1.807, 2.05) is 0 Å². The van der Waals surface area contributed by atoms with E-state index in [1.54, 1.807) is 0 Å². The minimum atomic E-state index is -0.951. The van der Waals surface area contributed by atoms with Crippen LogP contribution in [0.4, 0.5) is 4.39 Å². The van der Waals surface area contributed by atoms with Gasteiger partial charge in [-0.25, -0.2) is 9.18 Å². The zero-order valence-corrected chi connectivity index (χ0v) is 13.5. The molecule has 1 aromatic carbocycles. The molecule has 0 heterocycles. The van der Waals surface area contributed by atoms with Gasteiger partial charge in [-0.2, -0.15) is 0 Å². The zero-order chi connectivity index (χ0) is 16.9. The molecular formula is C19H22FNO3. The number of aliphatic carboxylic acids is 1. The molecule has 24 heavy (non-hydrogen) atoms. The SMILES string of the molecule is O=C(N[C@H](C(=O)O)C12CC3CC(CC(C3)C1)C2)c1ccc(F)cc1. The molecule has 4 bridgehead atoms. The molecule has 1 aromatic rings. The second kappa shape index (κ2) is 5.57. The Bertz CT molecular complexity index is 634. The maximum Gasteiger partial charge on any atom is 0.326 e. The largest absolute Gasteiger partial charge is 0.480 e. The number of hydrogen-bond acceptors (Lipinski definition) is 2. The number of amides is 1. The number of nitrogens with one attached hydrogen (secondary N) is 1. The van der Waals surface area contributed by atoms with Crippen molar-refractivity contribution in [1.29, 1.82) is 0 Å². The van der Waals surface area contributed by atoms with E-state index in [4.69, 9.17) is 0 Å². The standard InChI is InChI=1S/C19H22FNO3/c20-15-3-1-14(2-4-15)17(22)21-16(18(23)24)19-8-11-5-12(9-19)7-13(6-11)10-19/h1-4,11-13,16H,5-10H2,(H,21,22)(H,23,24)/t11?,12?,13?,16-,19?/m1/s1. The fourth-order valence-electron chi connectivity index (χ4n) is 5.82. The molecule has 4 fully saturated rings. The molecule has 4 aliphatic rings. The maximum atomic E-state index is 13.0. The predicted molar refractivity (Wildman–Crippen MR) is 85.9 cm³/mol. The van der Waals surface area contributed by atoms with Crippen molar-refractivity contribution in [3.63, 3.8) is 0 Å². The molecule has 4 nitrogen and oxygen atoms in total. The molecule has 0 saturated heterocycles. The van der Waals surface area contributed by atoms with Gasteiger partial charge in [0.1, 0.15) is 11.9 Å². The van der Waals surface area contributed by atoms with Crippen LogP contribution in [0.5, 0.6) is 0 Å². The van der Waals surface area contributed by atoms with Gasteiger partial charge >= 0.3 is 5.97 Å². The topological polar surface area (TPSA) is 66.4 Å². The van der Waals surface area contributed by atoms with Crippen molar-refractivity contribution in [2.75, 3.05) is 0 Å². The van der Waals surface area contributed by atoms with Crippen LogP contribution in [0.3, 0.4) is 0 Å². The summed E-state index contributed by atoms with van der Waals surface area (Å²) in [6, 6.07) is 4.36. The van der Waals surface area contributed by atoms with E-state index in [0.717, 1.165) is 19.3 Å². The highest BCUT2D eigenvalue weighted by atomic mass is 19.1. The Kier molecular flexibility index (Phi) is 3.62. The van der Waals surface area contributed by atoms with Gasteiger partial charge in [0, 0.05) is 11.0 Å². The normalized spacial score (nSPS) is 34.8. The summed E-state index contributed by atoms with van der Waals surface area (Å²) in [6.45, 7) is 0. The summed E-state index contributed by atoms with van der Waals surface area (Å²) in [6.07, 6.45) is 6.37. The lowest BCUT2D eigenvalue weighted by atomic mass is 9.47. The Morgan fingerprint density at radius 3 is 2.00 bits per heavy atom. The molecule has 0 unspecified atom stereocenters. The predicted octanol–water partition coefficient (Wildman–Crippen LogP) is 3.23. The molecule has 128 valence electrons. The molecule has 0 radical (unpaired) electrons. The summed E-state index contributed by atoms with van der Waals surface area (Å²) in [5.74, 6) is 0.0374. The first-order valence-corrected chi connectivity index (χ1v) is 8.74. The summed E-state index contributed by atoms with van der Waals surface area (Å²) in [7, 11) is 0. The van der Waals surface area contributed by atoms with Gasteiger partial charge in [0.05, 0.1) is 0 Å². The van der Waals surface area contributed by atoms with Gasteiger partial charge in [0.15, 0.2) is 0 Å². The van der Waals surface area contributed by atoms with Crippen LogP contribution < -0.4 is 5.32 Å². The van der Waals surface area contributed by atoms with Crippen molar-refractivity contribution in [3.05, 3.63) is 35.6 Å². The van der Waals surface area contributed by atoms with E-state index >= 15 is 0 Å². The van der Waals surface area contributed by atoms with Crippen molar-refractivity contribution in [2.45, 2.75) is 44.6 Å². The van der Waals surface area contributed by atoms with Gasteiger partial charge in [-0.05, 0) is 80.5 Å². The minimum absolute atomic E-state index is 0.298. The Hall–Kier alpha value is -1.91. The van der Waals surface area contributed by atoms with Crippen molar-refractivity contribution in [2.24, 2.45) is 23.2 Å². The van der Waals surface area contributed by atoms with Crippen LogP contribution in [-0.4, -0.2) is 23.0 Å². The van der Waals surface area contributed by atoms with Gasteiger partial charge < -0.3 is 10.4 Å². The van der Waals surface area contributed by atoms with Crippen LogP contribution >= 0.6 is 0 Å². The molecule has 0 aromatic heterocycles. The quantitative estimate of drug-likeness (QED) is 0.890. The minimum Gasteiger partial charge on any atom is -0.480 e. The van der Waals surface area contributed by atoms with Crippen molar-refractivity contribution < 1.29 is 19.1 Å². The lowest BCUT2D eigenvalue weighted by Crippen LogP contribution is -2.59. The van der Waals surface area contributed by atoms with E-state index in [-0.39, 0.29) is 5.41 Å². The maximum absolute atomic E-state index is 13.0. The van der Waals surface area contributed by atoms with Crippen LogP contribution in [0.1, 0.15) is 48.9 Å². The Labute approximate surface area is 140 Å². The van der Waals surface area contributed by atoms with Crippen molar-refractivity contribution in [1.82, 2.24) is 5.32 Å².